The Kier molecular flexibility index (Phi) is 5.81. The lowest BCUT2D eigenvalue weighted by molar-refractivity contribution is -0.119. The Morgan fingerprint density at radius 1 is 1.54 bits per heavy atom. The van der Waals surface area contributed by atoms with Crippen molar-refractivity contribution in [2.75, 3.05) is 18.8 Å². The fourth-order valence-corrected chi connectivity index (χ4v) is 3.51. The van der Waals surface area contributed by atoms with Crippen LogP contribution in [0.15, 0.2) is 29.7 Å². The zero-order valence-electron chi connectivity index (χ0n) is 13.7. The van der Waals surface area contributed by atoms with Crippen LogP contribution in [0.3, 0.4) is 0 Å². The molecule has 0 radical (unpaired) electrons. The van der Waals surface area contributed by atoms with E-state index in [-0.39, 0.29) is 11.9 Å². The van der Waals surface area contributed by atoms with E-state index in [1.807, 2.05) is 19.2 Å². The van der Waals surface area contributed by atoms with Crippen LogP contribution in [0.25, 0.3) is 0 Å². The second-order valence-electron chi connectivity index (χ2n) is 6.00. The number of aromatic nitrogens is 4. The topological polar surface area (TPSA) is 86.8 Å². The van der Waals surface area contributed by atoms with Crippen molar-refractivity contribution < 1.29 is 4.79 Å². The van der Waals surface area contributed by atoms with Gasteiger partial charge in [0.05, 0.1) is 5.75 Å². The third-order valence-electron chi connectivity index (χ3n) is 3.91. The number of aromatic amines is 1. The number of nitrogens with one attached hydrogen (secondary N) is 2. The Balaban J connectivity index is 1.43. The predicted octanol–water partition coefficient (Wildman–Crippen LogP) is 1.38. The van der Waals surface area contributed by atoms with Crippen LogP contribution >= 0.6 is 11.8 Å². The molecule has 0 saturated carbocycles. The van der Waals surface area contributed by atoms with E-state index in [1.54, 1.807) is 6.20 Å². The number of hydrogen-bond acceptors (Lipinski definition) is 6. The molecule has 2 N–H and O–H groups in total. The lowest BCUT2D eigenvalue weighted by atomic mass is 10.1. The molecular formula is C16H22N6OS. The van der Waals surface area contributed by atoms with E-state index in [1.165, 1.54) is 17.3 Å². The van der Waals surface area contributed by atoms with Gasteiger partial charge in [-0.05, 0) is 37.9 Å². The Morgan fingerprint density at radius 3 is 3.21 bits per heavy atom. The van der Waals surface area contributed by atoms with Gasteiger partial charge in [0, 0.05) is 31.5 Å². The highest BCUT2D eigenvalue weighted by Crippen LogP contribution is 2.15. The number of H-pyrrole nitrogens is 1. The summed E-state index contributed by atoms with van der Waals surface area (Å²) in [5.41, 5.74) is 1.21. The van der Waals surface area contributed by atoms with Gasteiger partial charge in [0.25, 0.3) is 0 Å². The van der Waals surface area contributed by atoms with E-state index in [0.29, 0.717) is 10.9 Å². The van der Waals surface area contributed by atoms with Gasteiger partial charge in [-0.25, -0.2) is 4.98 Å². The number of aryl methyl sites for hydroxylation is 1. The normalized spacial score (nSPS) is 18.5. The Labute approximate surface area is 145 Å². The van der Waals surface area contributed by atoms with Crippen LogP contribution in [-0.2, 0) is 11.3 Å². The van der Waals surface area contributed by atoms with Gasteiger partial charge in [-0.1, -0.05) is 17.8 Å². The maximum Gasteiger partial charge on any atom is 0.230 e. The zero-order chi connectivity index (χ0) is 16.8. The Hall–Kier alpha value is -1.93. The van der Waals surface area contributed by atoms with Crippen molar-refractivity contribution in [1.82, 2.24) is 30.4 Å². The second kappa shape index (κ2) is 8.25. The van der Waals surface area contributed by atoms with E-state index < -0.39 is 0 Å². The molecule has 1 atom stereocenters. The van der Waals surface area contributed by atoms with Gasteiger partial charge in [-0.15, -0.1) is 5.10 Å². The number of pyridine rings is 1. The largest absolute Gasteiger partial charge is 0.351 e. The first-order chi connectivity index (χ1) is 11.7. The number of piperidine rings is 1. The molecule has 1 fully saturated rings. The highest BCUT2D eigenvalue weighted by Gasteiger charge is 2.21. The molecule has 0 bridgehead atoms. The van der Waals surface area contributed by atoms with Crippen LogP contribution in [0.5, 0.6) is 0 Å². The smallest absolute Gasteiger partial charge is 0.230 e. The van der Waals surface area contributed by atoms with Crippen molar-refractivity contribution in [2.45, 2.75) is 37.5 Å². The Morgan fingerprint density at radius 2 is 2.46 bits per heavy atom. The number of likely N-dealkylation sites (tertiary alicyclic amines) is 1. The minimum atomic E-state index is 0.0377. The molecule has 7 nitrogen and oxygen atoms in total. The number of thioether (sulfide) groups is 1. The first-order valence-electron chi connectivity index (χ1n) is 8.11. The molecule has 24 heavy (non-hydrogen) atoms. The van der Waals surface area contributed by atoms with Crippen LogP contribution in [0.1, 0.15) is 24.2 Å². The lowest BCUT2D eigenvalue weighted by Crippen LogP contribution is -2.47. The van der Waals surface area contributed by atoms with Gasteiger partial charge < -0.3 is 5.32 Å². The monoisotopic (exact) mass is 346 g/mol. The molecule has 1 saturated heterocycles. The molecule has 0 aliphatic carbocycles. The molecule has 2 aromatic heterocycles. The minimum Gasteiger partial charge on any atom is -0.351 e. The Bertz CT molecular complexity index is 662. The fourth-order valence-electron chi connectivity index (χ4n) is 2.85. The molecule has 3 heterocycles. The average Bonchev–Trinajstić information content (AvgIpc) is 3.00. The molecule has 0 spiro atoms. The second-order valence-corrected chi connectivity index (χ2v) is 6.94. The van der Waals surface area contributed by atoms with Gasteiger partial charge in [-0.3, -0.25) is 19.8 Å². The molecule has 1 aliphatic heterocycles. The SMILES string of the molecule is Cc1nc(SCC(=O)N[C@@H]2CCCN(Cc3cccnc3)C2)n[nH]1. The molecule has 2 aromatic rings. The maximum atomic E-state index is 12.1. The summed E-state index contributed by atoms with van der Waals surface area (Å²) in [4.78, 5) is 22.9. The summed E-state index contributed by atoms with van der Waals surface area (Å²) < 4.78 is 0. The average molecular weight is 346 g/mol. The quantitative estimate of drug-likeness (QED) is 0.769. The third kappa shape index (κ3) is 5.04. The first kappa shape index (κ1) is 16.9. The summed E-state index contributed by atoms with van der Waals surface area (Å²) in [7, 11) is 0. The number of carbonyl (C=O) groups excluding carboxylic acids is 1. The molecule has 1 amide bonds. The van der Waals surface area contributed by atoms with Crippen molar-refractivity contribution in [3.05, 3.63) is 35.9 Å². The van der Waals surface area contributed by atoms with Gasteiger partial charge in [-0.2, -0.15) is 0 Å². The van der Waals surface area contributed by atoms with Crippen LogP contribution in [-0.4, -0.2) is 55.9 Å². The fraction of sp³-hybridized carbons (Fsp3) is 0.500. The zero-order valence-corrected chi connectivity index (χ0v) is 14.6. The number of carbonyl (C=O) groups is 1. The number of nitrogens with zero attached hydrogens (tertiary/aromatic N) is 4. The van der Waals surface area contributed by atoms with Crippen molar-refractivity contribution in [3.63, 3.8) is 0 Å². The van der Waals surface area contributed by atoms with Crippen molar-refractivity contribution in [2.24, 2.45) is 0 Å². The van der Waals surface area contributed by atoms with Gasteiger partial charge >= 0.3 is 0 Å². The molecule has 128 valence electrons. The first-order valence-corrected chi connectivity index (χ1v) is 9.10. The number of hydrogen-bond donors (Lipinski definition) is 2. The summed E-state index contributed by atoms with van der Waals surface area (Å²) >= 11 is 1.35. The third-order valence-corrected chi connectivity index (χ3v) is 4.76. The van der Waals surface area contributed by atoms with Crippen molar-refractivity contribution in [1.29, 1.82) is 0 Å². The summed E-state index contributed by atoms with van der Waals surface area (Å²) in [6, 6.07) is 4.25. The van der Waals surface area contributed by atoms with Crippen molar-refractivity contribution >= 4 is 17.7 Å². The summed E-state index contributed by atoms with van der Waals surface area (Å²) in [5.74, 6) is 1.14. The summed E-state index contributed by atoms with van der Waals surface area (Å²) in [6.07, 6.45) is 5.81. The number of amides is 1. The van der Waals surface area contributed by atoms with E-state index in [2.05, 4.69) is 36.4 Å². The minimum absolute atomic E-state index is 0.0377. The molecule has 0 aromatic carbocycles. The summed E-state index contributed by atoms with van der Waals surface area (Å²) in [6.45, 7) is 4.67. The van der Waals surface area contributed by atoms with Crippen LogP contribution in [0, 0.1) is 6.92 Å². The van der Waals surface area contributed by atoms with Crippen LogP contribution in [0.2, 0.25) is 0 Å². The maximum absolute atomic E-state index is 12.1. The number of rotatable bonds is 6. The molecule has 3 rings (SSSR count). The standard InChI is InChI=1S/C16H22N6OS/c1-12-18-16(21-20-12)24-11-15(23)19-14-5-3-7-22(10-14)9-13-4-2-6-17-8-13/h2,4,6,8,14H,3,5,7,9-11H2,1H3,(H,19,23)(H,18,20,21)/t14-/m1/s1. The van der Waals surface area contributed by atoms with Gasteiger partial charge in [0.15, 0.2) is 0 Å². The lowest BCUT2D eigenvalue weighted by Gasteiger charge is -2.33. The van der Waals surface area contributed by atoms with Crippen molar-refractivity contribution in [3.8, 4) is 0 Å². The predicted molar refractivity (Wildman–Crippen MR) is 92.5 cm³/mol. The molecule has 0 unspecified atom stereocenters. The van der Waals surface area contributed by atoms with Crippen LogP contribution in [0.4, 0.5) is 0 Å². The van der Waals surface area contributed by atoms with Crippen LogP contribution < -0.4 is 5.32 Å². The van der Waals surface area contributed by atoms with E-state index in [0.717, 1.165) is 38.3 Å². The summed E-state index contributed by atoms with van der Waals surface area (Å²) in [5, 5.41) is 10.5. The van der Waals surface area contributed by atoms with Gasteiger partial charge in [0.1, 0.15) is 5.82 Å². The highest BCUT2D eigenvalue weighted by atomic mass is 32.2. The van der Waals surface area contributed by atoms with E-state index in [9.17, 15) is 4.79 Å². The molecule has 8 heteroatoms. The highest BCUT2D eigenvalue weighted by molar-refractivity contribution is 7.99. The van der Waals surface area contributed by atoms with Gasteiger partial charge in [0.2, 0.25) is 11.1 Å². The van der Waals surface area contributed by atoms with E-state index >= 15 is 0 Å². The van der Waals surface area contributed by atoms with E-state index in [4.69, 9.17) is 0 Å². The molecular weight excluding hydrogens is 324 g/mol. The molecule has 1 aliphatic rings.